The van der Waals surface area contributed by atoms with Gasteiger partial charge in [0.2, 0.25) is 0 Å². The molecule has 1 aromatic heterocycles. The van der Waals surface area contributed by atoms with E-state index in [0.29, 0.717) is 30.2 Å². The summed E-state index contributed by atoms with van der Waals surface area (Å²) in [6, 6.07) is 0. The van der Waals surface area contributed by atoms with Crippen LogP contribution in [-0.2, 0) is 0 Å². The van der Waals surface area contributed by atoms with Crippen LogP contribution < -0.4 is 11.1 Å². The van der Waals surface area contributed by atoms with Gasteiger partial charge in [-0.15, -0.1) is 0 Å². The van der Waals surface area contributed by atoms with Gasteiger partial charge in [-0.25, -0.2) is 9.97 Å². The molecule has 2 fully saturated rings. The molecular formula is C15H24N4O. The van der Waals surface area contributed by atoms with Crippen molar-refractivity contribution in [3.63, 3.8) is 0 Å². The fraction of sp³-hybridized carbons (Fsp3) is 0.733. The van der Waals surface area contributed by atoms with Gasteiger partial charge in [0.25, 0.3) is 0 Å². The van der Waals surface area contributed by atoms with Gasteiger partial charge >= 0.3 is 0 Å². The van der Waals surface area contributed by atoms with E-state index in [-0.39, 0.29) is 0 Å². The van der Waals surface area contributed by atoms with Gasteiger partial charge in [-0.05, 0) is 44.4 Å². The van der Waals surface area contributed by atoms with Crippen molar-refractivity contribution in [2.24, 2.45) is 11.8 Å². The standard InChI is InChI=1S/C15H24N4O/c1-9-13(16)18-15(10-5-6-10)19-14(9)17-7-11-3-2-4-12(11)8-20/h10-12,20H,2-8H2,1H3,(H3,16,17,18,19). The zero-order valence-electron chi connectivity index (χ0n) is 12.1. The number of nitrogens with one attached hydrogen (secondary N) is 1. The van der Waals surface area contributed by atoms with Gasteiger partial charge in [0.15, 0.2) is 0 Å². The first-order chi connectivity index (χ1) is 9.69. The van der Waals surface area contributed by atoms with E-state index in [0.717, 1.165) is 30.2 Å². The third kappa shape index (κ3) is 2.73. The van der Waals surface area contributed by atoms with Gasteiger partial charge in [-0.2, -0.15) is 0 Å². The second kappa shape index (κ2) is 5.56. The molecule has 0 aromatic carbocycles. The van der Waals surface area contributed by atoms with Crippen molar-refractivity contribution < 1.29 is 5.11 Å². The maximum atomic E-state index is 9.38. The Bertz CT molecular complexity index is 487. The van der Waals surface area contributed by atoms with Crippen LogP contribution in [0, 0.1) is 18.8 Å². The van der Waals surface area contributed by atoms with Crippen LogP contribution in [0.15, 0.2) is 0 Å². The summed E-state index contributed by atoms with van der Waals surface area (Å²) in [6.07, 6.45) is 5.90. The smallest absolute Gasteiger partial charge is 0.136 e. The van der Waals surface area contributed by atoms with E-state index in [1.807, 2.05) is 6.92 Å². The van der Waals surface area contributed by atoms with Crippen molar-refractivity contribution in [3.05, 3.63) is 11.4 Å². The number of hydrogen-bond donors (Lipinski definition) is 3. The number of anilines is 2. The number of aromatic nitrogens is 2. The lowest BCUT2D eigenvalue weighted by Crippen LogP contribution is -2.22. The summed E-state index contributed by atoms with van der Waals surface area (Å²) in [5.41, 5.74) is 6.93. The monoisotopic (exact) mass is 276 g/mol. The lowest BCUT2D eigenvalue weighted by Gasteiger charge is -2.19. The van der Waals surface area contributed by atoms with Gasteiger partial charge in [0, 0.05) is 24.6 Å². The number of rotatable bonds is 5. The quantitative estimate of drug-likeness (QED) is 0.766. The normalized spacial score (nSPS) is 25.9. The minimum Gasteiger partial charge on any atom is -0.396 e. The van der Waals surface area contributed by atoms with E-state index >= 15 is 0 Å². The molecule has 110 valence electrons. The summed E-state index contributed by atoms with van der Waals surface area (Å²) in [5.74, 6) is 3.85. The van der Waals surface area contributed by atoms with Crippen LogP contribution in [0.4, 0.5) is 11.6 Å². The number of nitrogen functional groups attached to an aromatic ring is 1. The molecule has 0 amide bonds. The maximum Gasteiger partial charge on any atom is 0.136 e. The van der Waals surface area contributed by atoms with Crippen molar-refractivity contribution in [2.45, 2.75) is 44.9 Å². The van der Waals surface area contributed by atoms with Crippen LogP contribution in [-0.4, -0.2) is 28.2 Å². The molecule has 3 rings (SSSR count). The minimum atomic E-state index is 0.296. The fourth-order valence-electron chi connectivity index (χ4n) is 3.10. The molecule has 2 aliphatic rings. The predicted octanol–water partition coefficient (Wildman–Crippen LogP) is 2.07. The summed E-state index contributed by atoms with van der Waals surface area (Å²) < 4.78 is 0. The molecule has 2 atom stereocenters. The average molecular weight is 276 g/mol. The van der Waals surface area contributed by atoms with Crippen molar-refractivity contribution in [1.29, 1.82) is 0 Å². The van der Waals surface area contributed by atoms with E-state index in [4.69, 9.17) is 5.73 Å². The summed E-state index contributed by atoms with van der Waals surface area (Å²) in [5, 5.41) is 12.8. The Labute approximate surface area is 120 Å². The van der Waals surface area contributed by atoms with Crippen LogP contribution in [0.1, 0.15) is 49.4 Å². The van der Waals surface area contributed by atoms with E-state index in [1.54, 1.807) is 0 Å². The van der Waals surface area contributed by atoms with Crippen molar-refractivity contribution in [2.75, 3.05) is 24.2 Å². The lowest BCUT2D eigenvalue weighted by atomic mass is 9.97. The molecule has 5 heteroatoms. The molecule has 1 heterocycles. The number of nitrogens with zero attached hydrogens (tertiary/aromatic N) is 2. The second-order valence-electron chi connectivity index (χ2n) is 6.23. The third-order valence-corrected chi connectivity index (χ3v) is 4.73. The first kappa shape index (κ1) is 13.6. The molecule has 2 unspecified atom stereocenters. The molecule has 2 saturated carbocycles. The first-order valence-electron chi connectivity index (χ1n) is 7.67. The van der Waals surface area contributed by atoms with Gasteiger partial charge in [0.1, 0.15) is 17.5 Å². The van der Waals surface area contributed by atoms with E-state index in [9.17, 15) is 5.11 Å². The summed E-state index contributed by atoms with van der Waals surface area (Å²) in [7, 11) is 0. The van der Waals surface area contributed by atoms with Gasteiger partial charge in [0.05, 0.1) is 0 Å². The Morgan fingerprint density at radius 3 is 2.65 bits per heavy atom. The zero-order chi connectivity index (χ0) is 14.1. The van der Waals surface area contributed by atoms with Gasteiger partial charge in [-0.3, -0.25) is 0 Å². The highest BCUT2D eigenvalue weighted by atomic mass is 16.3. The maximum absolute atomic E-state index is 9.38. The molecule has 0 radical (unpaired) electrons. The van der Waals surface area contributed by atoms with Crippen LogP contribution in [0.25, 0.3) is 0 Å². The number of aliphatic hydroxyl groups is 1. The molecule has 5 nitrogen and oxygen atoms in total. The van der Waals surface area contributed by atoms with Crippen LogP contribution in [0.3, 0.4) is 0 Å². The summed E-state index contributed by atoms with van der Waals surface area (Å²) >= 11 is 0. The Kier molecular flexibility index (Phi) is 3.78. The van der Waals surface area contributed by atoms with Crippen LogP contribution in [0.2, 0.25) is 0 Å². The van der Waals surface area contributed by atoms with E-state index < -0.39 is 0 Å². The Balaban J connectivity index is 1.70. The molecule has 0 saturated heterocycles. The first-order valence-corrected chi connectivity index (χ1v) is 7.67. The average Bonchev–Trinajstić information content (AvgIpc) is 3.19. The van der Waals surface area contributed by atoms with Crippen LogP contribution >= 0.6 is 0 Å². The predicted molar refractivity (Wildman–Crippen MR) is 79.6 cm³/mol. The molecule has 4 N–H and O–H groups in total. The second-order valence-corrected chi connectivity index (χ2v) is 6.23. The number of aliphatic hydroxyl groups excluding tert-OH is 1. The van der Waals surface area contributed by atoms with Crippen molar-refractivity contribution in [1.82, 2.24) is 9.97 Å². The Hall–Kier alpha value is -1.36. The number of hydrogen-bond acceptors (Lipinski definition) is 5. The lowest BCUT2D eigenvalue weighted by molar-refractivity contribution is 0.199. The van der Waals surface area contributed by atoms with E-state index in [2.05, 4.69) is 15.3 Å². The van der Waals surface area contributed by atoms with Crippen LogP contribution in [0.5, 0.6) is 0 Å². The Morgan fingerprint density at radius 1 is 1.20 bits per heavy atom. The Morgan fingerprint density at radius 2 is 1.95 bits per heavy atom. The molecular weight excluding hydrogens is 252 g/mol. The topological polar surface area (TPSA) is 84.1 Å². The minimum absolute atomic E-state index is 0.296. The van der Waals surface area contributed by atoms with Crippen molar-refractivity contribution >= 4 is 11.6 Å². The highest BCUT2D eigenvalue weighted by Crippen LogP contribution is 2.39. The number of nitrogens with two attached hydrogens (primary N) is 1. The largest absolute Gasteiger partial charge is 0.396 e. The molecule has 0 aliphatic heterocycles. The third-order valence-electron chi connectivity index (χ3n) is 4.73. The molecule has 20 heavy (non-hydrogen) atoms. The molecule has 1 aromatic rings. The molecule has 0 bridgehead atoms. The van der Waals surface area contributed by atoms with Crippen molar-refractivity contribution in [3.8, 4) is 0 Å². The summed E-state index contributed by atoms with van der Waals surface area (Å²) in [4.78, 5) is 9.04. The molecule has 2 aliphatic carbocycles. The fourth-order valence-corrected chi connectivity index (χ4v) is 3.10. The molecule has 0 spiro atoms. The SMILES string of the molecule is Cc1c(N)nc(C2CC2)nc1NCC1CCCC1CO. The summed E-state index contributed by atoms with van der Waals surface area (Å²) in [6.45, 7) is 3.13. The zero-order valence-corrected chi connectivity index (χ0v) is 12.1. The van der Waals surface area contributed by atoms with Gasteiger partial charge < -0.3 is 16.2 Å². The van der Waals surface area contributed by atoms with Gasteiger partial charge in [-0.1, -0.05) is 6.42 Å². The highest BCUT2D eigenvalue weighted by molar-refractivity contribution is 5.55. The van der Waals surface area contributed by atoms with E-state index in [1.165, 1.54) is 25.7 Å². The highest BCUT2D eigenvalue weighted by Gasteiger charge is 2.29.